The maximum atomic E-state index is 15.4. The van der Waals surface area contributed by atoms with Crippen LogP contribution in [0.25, 0.3) is 11.3 Å². The van der Waals surface area contributed by atoms with Gasteiger partial charge in [0.05, 0.1) is 27.5 Å². The highest BCUT2D eigenvalue weighted by atomic mass is 35.5. The lowest BCUT2D eigenvalue weighted by Gasteiger charge is -2.46. The molecule has 0 bridgehead atoms. The molecule has 2 atom stereocenters. The number of rotatable bonds is 5. The number of benzene rings is 2. The van der Waals surface area contributed by atoms with Crippen molar-refractivity contribution in [1.29, 1.82) is 0 Å². The summed E-state index contributed by atoms with van der Waals surface area (Å²) in [6.45, 7) is 16.2. The Morgan fingerprint density at radius 3 is 2.42 bits per heavy atom. The molecule has 2 aliphatic rings. The van der Waals surface area contributed by atoms with Gasteiger partial charge in [-0.05, 0) is 96.4 Å². The number of carbonyl (C=O) groups is 1. The molecule has 0 radical (unpaired) electrons. The topological polar surface area (TPSA) is 125 Å². The summed E-state index contributed by atoms with van der Waals surface area (Å²) in [5, 5.41) is 0.0720. The molecule has 0 aliphatic carbocycles. The van der Waals surface area contributed by atoms with Gasteiger partial charge in [0.25, 0.3) is 0 Å². The zero-order chi connectivity index (χ0) is 37.0. The predicted octanol–water partition coefficient (Wildman–Crippen LogP) is 7.09. The van der Waals surface area contributed by atoms with Crippen molar-refractivity contribution >= 4 is 50.9 Å². The number of nitrogens with two attached hydrogens (primary N) is 1. The van der Waals surface area contributed by atoms with Gasteiger partial charge in [-0.25, -0.2) is 18.5 Å². The van der Waals surface area contributed by atoms with Crippen molar-refractivity contribution in [2.45, 2.75) is 85.5 Å². The lowest BCUT2D eigenvalue weighted by molar-refractivity contribution is 0.000507. The van der Waals surface area contributed by atoms with Crippen LogP contribution in [-0.2, 0) is 21.5 Å². The predicted molar refractivity (Wildman–Crippen MR) is 198 cm³/mol. The number of carbonyl (C=O) groups excluding carboxylic acids is 1. The van der Waals surface area contributed by atoms with Crippen LogP contribution >= 0.6 is 11.6 Å². The minimum atomic E-state index is -4.50. The van der Waals surface area contributed by atoms with Crippen LogP contribution in [0.3, 0.4) is 0 Å². The average molecular weight is 728 g/mol. The number of aryl methyl sites for hydroxylation is 1. The second-order valence-electron chi connectivity index (χ2n) is 14.8. The van der Waals surface area contributed by atoms with Crippen molar-refractivity contribution in [3.8, 4) is 11.3 Å². The highest BCUT2D eigenvalue weighted by Gasteiger charge is 2.43. The van der Waals surface area contributed by atoms with Crippen LogP contribution in [0, 0.1) is 12.7 Å². The number of aromatic nitrogens is 1. The molecule has 0 saturated carbocycles. The van der Waals surface area contributed by atoms with Gasteiger partial charge in [0.2, 0.25) is 0 Å². The Balaban J connectivity index is 1.74. The molecule has 14 heteroatoms. The molecular formula is C36H47ClFN7O4S. The van der Waals surface area contributed by atoms with Crippen LogP contribution in [0.1, 0.15) is 76.6 Å². The van der Waals surface area contributed by atoms with Crippen LogP contribution in [0.5, 0.6) is 0 Å². The molecule has 5 rings (SSSR count). The number of amidine groups is 1. The lowest BCUT2D eigenvalue weighted by atomic mass is 9.94. The van der Waals surface area contributed by atoms with Gasteiger partial charge in [0, 0.05) is 37.4 Å². The van der Waals surface area contributed by atoms with Gasteiger partial charge in [-0.1, -0.05) is 43.6 Å². The summed E-state index contributed by atoms with van der Waals surface area (Å²) in [5.74, 6) is -0.566. The molecule has 50 heavy (non-hydrogen) atoms. The van der Waals surface area contributed by atoms with Gasteiger partial charge in [-0.15, -0.1) is 4.40 Å². The first-order chi connectivity index (χ1) is 23.2. The van der Waals surface area contributed by atoms with Crippen LogP contribution in [0.2, 0.25) is 5.02 Å². The van der Waals surface area contributed by atoms with Gasteiger partial charge in [-0.2, -0.15) is 8.42 Å². The van der Waals surface area contributed by atoms with E-state index < -0.39 is 27.7 Å². The Bertz CT molecular complexity index is 1940. The van der Waals surface area contributed by atoms with Crippen molar-refractivity contribution in [3.05, 3.63) is 69.5 Å². The van der Waals surface area contributed by atoms with E-state index in [9.17, 15) is 13.2 Å². The summed E-state index contributed by atoms with van der Waals surface area (Å²) in [6.07, 6.45) is -0.451. The van der Waals surface area contributed by atoms with Gasteiger partial charge >= 0.3 is 16.3 Å². The summed E-state index contributed by atoms with van der Waals surface area (Å²) >= 11 is 6.88. The molecule has 3 heterocycles. The molecule has 2 N–H and O–H groups in total. The van der Waals surface area contributed by atoms with Crippen LogP contribution < -0.4 is 10.0 Å². The second kappa shape index (κ2) is 13.6. The van der Waals surface area contributed by atoms with E-state index in [2.05, 4.69) is 4.40 Å². The normalized spacial score (nSPS) is 19.2. The zero-order valence-electron chi connectivity index (χ0n) is 30.4. The maximum absolute atomic E-state index is 15.4. The monoisotopic (exact) mass is 727 g/mol. The third-order valence-corrected chi connectivity index (χ3v) is 10.2. The molecule has 0 spiro atoms. The molecular weight excluding hydrogens is 681 g/mol. The number of fused-ring (bicyclic) bond motifs is 1. The van der Waals surface area contributed by atoms with Crippen molar-refractivity contribution in [2.75, 3.05) is 37.2 Å². The number of amides is 1. The molecule has 0 unspecified atom stereocenters. The van der Waals surface area contributed by atoms with Crippen LogP contribution in [-0.4, -0.2) is 84.9 Å². The largest absolute Gasteiger partial charge is 0.444 e. The lowest BCUT2D eigenvalue weighted by Crippen LogP contribution is -2.60. The minimum Gasteiger partial charge on any atom is -0.444 e. The van der Waals surface area contributed by atoms with Gasteiger partial charge < -0.3 is 25.2 Å². The van der Waals surface area contributed by atoms with Crippen molar-refractivity contribution in [2.24, 2.45) is 4.40 Å². The van der Waals surface area contributed by atoms with E-state index in [1.54, 1.807) is 11.0 Å². The van der Waals surface area contributed by atoms with E-state index in [0.717, 1.165) is 15.4 Å². The Morgan fingerprint density at radius 2 is 1.82 bits per heavy atom. The van der Waals surface area contributed by atoms with Crippen LogP contribution in [0.4, 0.5) is 26.4 Å². The summed E-state index contributed by atoms with van der Waals surface area (Å²) in [6, 6.07) is 9.09. The summed E-state index contributed by atoms with van der Waals surface area (Å²) in [4.78, 5) is 23.5. The number of hydrogen-bond acceptors (Lipinski definition) is 8. The first-order valence-electron chi connectivity index (χ1n) is 16.6. The Kier molecular flexibility index (Phi) is 10.2. The fourth-order valence-electron chi connectivity index (χ4n) is 6.56. The molecule has 270 valence electrons. The molecule has 2 aromatic carbocycles. The second-order valence-corrected chi connectivity index (χ2v) is 16.6. The third-order valence-electron chi connectivity index (χ3n) is 8.70. The zero-order valence-corrected chi connectivity index (χ0v) is 31.9. The van der Waals surface area contributed by atoms with E-state index in [-0.39, 0.29) is 64.7 Å². The first-order valence-corrected chi connectivity index (χ1v) is 18.4. The first kappa shape index (κ1) is 37.3. The Hall–Kier alpha value is -3.94. The molecule has 3 aromatic rings. The standard InChI is InChI=1S/C36H47ClFN7O4S/c1-20(2)25-15-24(19-42(9)10)14-21(3)32(25)45-33-26(16-27(37)31(40-33)30-28(38)12-11-13-29(30)39)34(41-50(45,47)48)43-17-23(5)44(18-22(43)4)35(46)49-36(6,7)8/h11-16,20,22-23H,17-19,39H2,1-10H3/t22-,23-/m0/s1. The minimum absolute atomic E-state index is 0.00612. The number of nitrogens with zero attached hydrogens (tertiary/aromatic N) is 6. The van der Waals surface area contributed by atoms with Crippen LogP contribution in [0.15, 0.2) is 40.8 Å². The van der Waals surface area contributed by atoms with E-state index in [1.165, 1.54) is 18.2 Å². The SMILES string of the molecule is Cc1cc(CN(C)C)cc(C(C)C)c1N1c2nc(-c3c(N)cccc3F)c(Cl)cc2C(N2C[C@H](C)N(C(=O)OC(C)(C)C)C[C@@H]2C)=NS1(=O)=O. The van der Waals surface area contributed by atoms with Gasteiger partial charge in [0.1, 0.15) is 11.4 Å². The van der Waals surface area contributed by atoms with Gasteiger partial charge in [0.15, 0.2) is 11.7 Å². The van der Waals surface area contributed by atoms with Gasteiger partial charge in [-0.3, -0.25) is 0 Å². The number of nitrogen functional groups attached to an aromatic ring is 1. The number of ether oxygens (including phenoxy) is 1. The summed E-state index contributed by atoms with van der Waals surface area (Å²) < 4.78 is 55.9. The van der Waals surface area contributed by atoms with E-state index in [4.69, 9.17) is 27.1 Å². The number of halogens is 2. The summed E-state index contributed by atoms with van der Waals surface area (Å²) in [7, 11) is -0.555. The van der Waals surface area contributed by atoms with Crippen molar-refractivity contribution in [1.82, 2.24) is 19.7 Å². The third kappa shape index (κ3) is 7.26. The summed E-state index contributed by atoms with van der Waals surface area (Å²) in [5.41, 5.74) is 8.92. The average Bonchev–Trinajstić information content (AvgIpc) is 2.97. The molecule has 2 aliphatic heterocycles. The number of anilines is 3. The van der Waals surface area contributed by atoms with Crippen molar-refractivity contribution in [3.63, 3.8) is 0 Å². The Labute approximate surface area is 300 Å². The smallest absolute Gasteiger partial charge is 0.410 e. The molecule has 1 aromatic heterocycles. The van der Waals surface area contributed by atoms with E-state index >= 15 is 4.39 Å². The molecule has 1 amide bonds. The quantitative estimate of drug-likeness (QED) is 0.277. The molecule has 11 nitrogen and oxygen atoms in total. The number of pyridine rings is 1. The molecule has 1 fully saturated rings. The Morgan fingerprint density at radius 1 is 1.14 bits per heavy atom. The van der Waals surface area contributed by atoms with E-state index in [0.29, 0.717) is 23.4 Å². The fourth-order valence-corrected chi connectivity index (χ4v) is 8.14. The highest BCUT2D eigenvalue weighted by Crippen LogP contribution is 2.45. The number of piperazine rings is 1. The number of hydrogen-bond donors (Lipinski definition) is 1. The fraction of sp³-hybridized carbons (Fsp3) is 0.472. The van der Waals surface area contributed by atoms with Crippen molar-refractivity contribution < 1.29 is 22.3 Å². The molecule has 1 saturated heterocycles. The highest BCUT2D eigenvalue weighted by molar-refractivity contribution is 7.92. The maximum Gasteiger partial charge on any atom is 0.410 e. The van der Waals surface area contributed by atoms with E-state index in [1.807, 2.05) is 91.4 Å².